The Morgan fingerprint density at radius 3 is 2.52 bits per heavy atom. The summed E-state index contributed by atoms with van der Waals surface area (Å²) in [6, 6.07) is 15.2. The molecule has 3 aromatic rings. The molecule has 0 amide bonds. The topological polar surface area (TPSA) is 68.7 Å². The Labute approximate surface area is 177 Å². The second-order valence-electron chi connectivity index (χ2n) is 7.24. The quantitative estimate of drug-likeness (QED) is 0.437. The van der Waals surface area contributed by atoms with E-state index in [0.29, 0.717) is 23.3 Å². The number of aliphatic hydroxyl groups is 1. The summed E-state index contributed by atoms with van der Waals surface area (Å²) in [4.78, 5) is 1.53. The standard InChI is InChI=1S/C22H29ClN4O2/c1-3-25(4-2)13-14-26-20-7-5-6-8-21(20)27(22(26)24)15-18(28)16-29-19-11-9-17(23)10-12-19/h5-12,18,24,28H,3-4,13-16H2,1-2H3/p+2/t18-/m0/s1. The van der Waals surface area contributed by atoms with Gasteiger partial charge in [0.2, 0.25) is 0 Å². The maximum absolute atomic E-state index is 10.6. The van der Waals surface area contributed by atoms with Gasteiger partial charge in [0.25, 0.3) is 0 Å². The normalized spacial score (nSPS) is 12.6. The molecule has 0 unspecified atom stereocenters. The summed E-state index contributed by atoms with van der Waals surface area (Å²) in [5.41, 5.74) is 8.61. The molecule has 0 fully saturated rings. The Kier molecular flexibility index (Phi) is 7.36. The summed E-state index contributed by atoms with van der Waals surface area (Å²) in [7, 11) is 0. The van der Waals surface area contributed by atoms with Gasteiger partial charge in [0, 0.05) is 5.02 Å². The van der Waals surface area contributed by atoms with Crippen LogP contribution in [-0.4, -0.2) is 42.0 Å². The second-order valence-corrected chi connectivity index (χ2v) is 7.67. The fraction of sp³-hybridized carbons (Fsp3) is 0.409. The number of nitrogens with two attached hydrogens (primary N) is 1. The third-order valence-electron chi connectivity index (χ3n) is 5.35. The number of fused-ring (bicyclic) bond motifs is 1. The van der Waals surface area contributed by atoms with Crippen molar-refractivity contribution in [2.45, 2.75) is 33.0 Å². The summed E-state index contributed by atoms with van der Waals surface area (Å²) in [5.74, 6) is 1.33. The summed E-state index contributed by atoms with van der Waals surface area (Å²) in [6.45, 7) is 8.99. The van der Waals surface area contributed by atoms with Crippen LogP contribution in [0.2, 0.25) is 5.02 Å². The highest BCUT2D eigenvalue weighted by Crippen LogP contribution is 2.17. The third-order valence-corrected chi connectivity index (χ3v) is 5.61. The van der Waals surface area contributed by atoms with Gasteiger partial charge in [-0.2, -0.15) is 0 Å². The highest BCUT2D eigenvalue weighted by Gasteiger charge is 2.23. The fourth-order valence-corrected chi connectivity index (χ4v) is 3.73. The minimum absolute atomic E-state index is 0.178. The number of para-hydroxylation sites is 2. The minimum atomic E-state index is -0.689. The number of likely N-dealkylation sites (N-methyl/N-ethyl adjacent to an activating group) is 1. The van der Waals surface area contributed by atoms with Crippen LogP contribution in [0.25, 0.3) is 11.0 Å². The first-order valence-corrected chi connectivity index (χ1v) is 10.6. The van der Waals surface area contributed by atoms with Crippen LogP contribution in [0.15, 0.2) is 48.5 Å². The van der Waals surface area contributed by atoms with Crippen molar-refractivity contribution in [3.05, 3.63) is 53.6 Å². The zero-order chi connectivity index (χ0) is 20.8. The molecule has 7 heteroatoms. The molecule has 0 aliphatic carbocycles. The van der Waals surface area contributed by atoms with E-state index < -0.39 is 6.10 Å². The van der Waals surface area contributed by atoms with Gasteiger partial charge in [-0.1, -0.05) is 23.7 Å². The highest BCUT2D eigenvalue weighted by molar-refractivity contribution is 6.30. The fourth-order valence-electron chi connectivity index (χ4n) is 3.60. The van der Waals surface area contributed by atoms with Gasteiger partial charge in [0.1, 0.15) is 49.1 Å². The summed E-state index contributed by atoms with van der Waals surface area (Å²) in [5, 5.41) is 11.2. The average molecular weight is 419 g/mol. The van der Waals surface area contributed by atoms with Gasteiger partial charge in [-0.05, 0) is 50.2 Å². The number of nitrogen functional groups attached to an aromatic ring is 1. The number of aromatic nitrogens is 2. The lowest BCUT2D eigenvalue weighted by atomic mass is 10.3. The molecule has 1 heterocycles. The number of rotatable bonds is 10. The monoisotopic (exact) mass is 418 g/mol. The molecular weight excluding hydrogens is 388 g/mol. The van der Waals surface area contributed by atoms with Crippen LogP contribution in [-0.2, 0) is 13.1 Å². The SMILES string of the molecule is CC[NH+](CC)CCn1c(N)[n+](C[C@H](O)COc2ccc(Cl)cc2)c2ccccc21. The van der Waals surface area contributed by atoms with Crippen LogP contribution in [0, 0.1) is 0 Å². The predicted octanol–water partition coefficient (Wildman–Crippen LogP) is 1.53. The Hall–Kier alpha value is -2.28. The zero-order valence-electron chi connectivity index (χ0n) is 17.1. The molecule has 4 N–H and O–H groups in total. The molecule has 2 aromatic carbocycles. The minimum Gasteiger partial charge on any atom is -0.491 e. The molecule has 29 heavy (non-hydrogen) atoms. The lowest BCUT2D eigenvalue weighted by Gasteiger charge is -2.14. The number of ether oxygens (including phenoxy) is 1. The van der Waals surface area contributed by atoms with E-state index in [0.717, 1.165) is 37.2 Å². The molecule has 3 rings (SSSR count). The predicted molar refractivity (Wildman–Crippen MR) is 116 cm³/mol. The summed E-state index contributed by atoms with van der Waals surface area (Å²) >= 11 is 5.89. The maximum Gasteiger partial charge on any atom is 0.356 e. The van der Waals surface area contributed by atoms with Crippen molar-refractivity contribution >= 4 is 28.6 Å². The molecule has 0 bridgehead atoms. The Balaban J connectivity index is 1.74. The number of quaternary nitrogens is 1. The van der Waals surface area contributed by atoms with Gasteiger partial charge in [-0.25, -0.2) is 9.13 Å². The Morgan fingerprint density at radius 2 is 1.83 bits per heavy atom. The first-order valence-electron chi connectivity index (χ1n) is 10.2. The van der Waals surface area contributed by atoms with E-state index >= 15 is 0 Å². The van der Waals surface area contributed by atoms with Crippen molar-refractivity contribution in [3.8, 4) is 5.75 Å². The lowest BCUT2D eigenvalue weighted by Crippen LogP contribution is -3.11. The molecule has 0 saturated carbocycles. The molecule has 0 aliphatic heterocycles. The summed E-state index contributed by atoms with van der Waals surface area (Å²) < 4.78 is 9.81. The van der Waals surface area contributed by atoms with E-state index in [1.54, 1.807) is 24.3 Å². The van der Waals surface area contributed by atoms with E-state index in [-0.39, 0.29) is 6.61 Å². The van der Waals surface area contributed by atoms with E-state index in [1.165, 1.54) is 4.90 Å². The number of hydrogen-bond acceptors (Lipinski definition) is 3. The maximum atomic E-state index is 10.6. The molecule has 1 atom stereocenters. The highest BCUT2D eigenvalue weighted by atomic mass is 35.5. The molecule has 6 nitrogen and oxygen atoms in total. The van der Waals surface area contributed by atoms with Gasteiger partial charge in [-0.3, -0.25) is 5.73 Å². The van der Waals surface area contributed by atoms with Crippen molar-refractivity contribution in [1.29, 1.82) is 0 Å². The van der Waals surface area contributed by atoms with Crippen LogP contribution in [0.5, 0.6) is 5.75 Å². The molecule has 0 aliphatic rings. The first-order chi connectivity index (χ1) is 14.0. The average Bonchev–Trinajstić information content (AvgIpc) is 3.00. The molecule has 156 valence electrons. The largest absolute Gasteiger partial charge is 0.491 e. The molecule has 0 saturated heterocycles. The van der Waals surface area contributed by atoms with Crippen molar-refractivity contribution in [2.75, 3.05) is 32.0 Å². The Morgan fingerprint density at radius 1 is 1.14 bits per heavy atom. The van der Waals surface area contributed by atoms with Crippen molar-refractivity contribution in [3.63, 3.8) is 0 Å². The number of imidazole rings is 1. The molecule has 0 spiro atoms. The van der Waals surface area contributed by atoms with Gasteiger partial charge < -0.3 is 14.7 Å². The van der Waals surface area contributed by atoms with E-state index in [9.17, 15) is 5.11 Å². The summed E-state index contributed by atoms with van der Waals surface area (Å²) in [6.07, 6.45) is -0.689. The van der Waals surface area contributed by atoms with Crippen LogP contribution in [0.4, 0.5) is 5.95 Å². The van der Waals surface area contributed by atoms with Gasteiger partial charge in [-0.15, -0.1) is 0 Å². The molecule has 0 radical (unpaired) electrons. The second kappa shape index (κ2) is 9.96. The van der Waals surface area contributed by atoms with Crippen molar-refractivity contribution in [2.24, 2.45) is 0 Å². The number of hydrogen-bond donors (Lipinski definition) is 3. The van der Waals surface area contributed by atoms with Crippen LogP contribution < -0.4 is 19.9 Å². The number of halogens is 1. The smallest absolute Gasteiger partial charge is 0.356 e. The number of nitrogens with zero attached hydrogens (tertiary/aromatic N) is 2. The third kappa shape index (κ3) is 5.21. The Bertz CT molecular complexity index is 922. The number of nitrogens with one attached hydrogen (secondary N) is 1. The lowest BCUT2D eigenvalue weighted by molar-refractivity contribution is -0.897. The van der Waals surface area contributed by atoms with Gasteiger partial charge in [0.05, 0.1) is 13.1 Å². The molecule has 1 aromatic heterocycles. The van der Waals surface area contributed by atoms with Crippen molar-refractivity contribution < 1.29 is 19.3 Å². The number of aliphatic hydroxyl groups excluding tert-OH is 1. The van der Waals surface area contributed by atoms with Crippen LogP contribution in [0.3, 0.4) is 0 Å². The van der Waals surface area contributed by atoms with E-state index in [4.69, 9.17) is 22.1 Å². The number of benzene rings is 2. The van der Waals surface area contributed by atoms with E-state index in [1.807, 2.05) is 22.8 Å². The van der Waals surface area contributed by atoms with Crippen molar-refractivity contribution in [1.82, 2.24) is 4.57 Å². The number of anilines is 1. The van der Waals surface area contributed by atoms with E-state index in [2.05, 4.69) is 24.5 Å². The van der Waals surface area contributed by atoms with Gasteiger partial charge in [0.15, 0.2) is 0 Å². The first kappa shape index (κ1) is 21.4. The van der Waals surface area contributed by atoms with Gasteiger partial charge >= 0.3 is 5.95 Å². The zero-order valence-corrected chi connectivity index (χ0v) is 17.9. The molecular formula is C22H31ClN4O2+2. The van der Waals surface area contributed by atoms with Crippen LogP contribution in [0.1, 0.15) is 13.8 Å². The van der Waals surface area contributed by atoms with Crippen LogP contribution >= 0.6 is 11.6 Å².